The third-order valence-electron chi connectivity index (χ3n) is 4.04. The fourth-order valence-corrected chi connectivity index (χ4v) is 3.04. The second-order valence-electron chi connectivity index (χ2n) is 5.76. The van der Waals surface area contributed by atoms with E-state index in [1.807, 2.05) is 24.3 Å². The van der Waals surface area contributed by atoms with Crippen LogP contribution in [0.1, 0.15) is 11.3 Å². The van der Waals surface area contributed by atoms with E-state index < -0.39 is 23.0 Å². The molecular formula is C19H11BrF3N3. The molecule has 4 rings (SSSR count). The maximum absolute atomic E-state index is 14.1. The first-order valence-electron chi connectivity index (χ1n) is 7.75. The SMILES string of the molecule is Fc1ccc(F)c(-c2nc3c(Cc4ccc(Br)cc4)nccc3[nH]2)c1F. The van der Waals surface area contributed by atoms with E-state index in [1.165, 1.54) is 0 Å². The summed E-state index contributed by atoms with van der Waals surface area (Å²) < 4.78 is 42.6. The molecule has 0 aliphatic carbocycles. The number of nitrogens with zero attached hydrogens (tertiary/aromatic N) is 2. The summed E-state index contributed by atoms with van der Waals surface area (Å²) >= 11 is 3.38. The van der Waals surface area contributed by atoms with Gasteiger partial charge in [0, 0.05) is 17.1 Å². The molecule has 0 aliphatic rings. The molecule has 7 heteroatoms. The number of pyridine rings is 1. The number of aromatic nitrogens is 3. The molecule has 0 radical (unpaired) electrons. The molecular weight excluding hydrogens is 407 g/mol. The highest BCUT2D eigenvalue weighted by molar-refractivity contribution is 9.10. The van der Waals surface area contributed by atoms with Gasteiger partial charge in [-0.25, -0.2) is 18.2 Å². The number of hydrogen-bond acceptors (Lipinski definition) is 2. The van der Waals surface area contributed by atoms with Crippen LogP contribution in [-0.2, 0) is 6.42 Å². The van der Waals surface area contributed by atoms with Gasteiger partial charge < -0.3 is 4.98 Å². The highest BCUT2D eigenvalue weighted by atomic mass is 79.9. The smallest absolute Gasteiger partial charge is 0.172 e. The number of hydrogen-bond donors (Lipinski definition) is 1. The third kappa shape index (κ3) is 2.99. The van der Waals surface area contributed by atoms with Crippen molar-refractivity contribution in [2.45, 2.75) is 6.42 Å². The average molecular weight is 418 g/mol. The standard InChI is InChI=1S/C19H11BrF3N3/c20-11-3-1-10(2-4-11)9-15-18-14(7-8-24-15)25-19(26-18)16-12(21)5-6-13(22)17(16)23/h1-8H,9H2,(H,25,26). The van der Waals surface area contributed by atoms with E-state index in [9.17, 15) is 13.2 Å². The molecule has 0 unspecified atom stereocenters. The topological polar surface area (TPSA) is 41.6 Å². The fourth-order valence-electron chi connectivity index (χ4n) is 2.78. The van der Waals surface area contributed by atoms with E-state index in [4.69, 9.17) is 0 Å². The second kappa shape index (κ2) is 6.57. The Labute approximate surface area is 155 Å². The molecule has 0 bridgehead atoms. The zero-order valence-electron chi connectivity index (χ0n) is 13.2. The van der Waals surface area contributed by atoms with Gasteiger partial charge in [-0.15, -0.1) is 0 Å². The van der Waals surface area contributed by atoms with Crippen molar-refractivity contribution < 1.29 is 13.2 Å². The predicted octanol–water partition coefficient (Wildman–Crippen LogP) is 5.40. The van der Waals surface area contributed by atoms with Crippen molar-refractivity contribution >= 4 is 27.0 Å². The summed E-state index contributed by atoms with van der Waals surface area (Å²) in [6, 6.07) is 11.0. The van der Waals surface area contributed by atoms with Crippen LogP contribution >= 0.6 is 15.9 Å². The summed E-state index contributed by atoms with van der Waals surface area (Å²) in [7, 11) is 0. The summed E-state index contributed by atoms with van der Waals surface area (Å²) in [5, 5.41) is 0. The van der Waals surface area contributed by atoms with Crippen LogP contribution in [0.25, 0.3) is 22.4 Å². The number of halogens is 4. The van der Waals surface area contributed by atoms with Crippen LogP contribution < -0.4 is 0 Å². The molecule has 0 aliphatic heterocycles. The van der Waals surface area contributed by atoms with Crippen LogP contribution in [0.2, 0.25) is 0 Å². The molecule has 3 nitrogen and oxygen atoms in total. The average Bonchev–Trinajstić information content (AvgIpc) is 3.05. The number of aromatic amines is 1. The fraction of sp³-hybridized carbons (Fsp3) is 0.0526. The van der Waals surface area contributed by atoms with E-state index in [2.05, 4.69) is 30.9 Å². The van der Waals surface area contributed by atoms with E-state index in [0.717, 1.165) is 22.2 Å². The number of H-pyrrole nitrogens is 1. The molecule has 130 valence electrons. The maximum Gasteiger partial charge on any atom is 0.172 e. The molecule has 0 saturated carbocycles. The van der Waals surface area contributed by atoms with Crippen molar-refractivity contribution in [3.8, 4) is 11.4 Å². The lowest BCUT2D eigenvalue weighted by atomic mass is 10.1. The Hall–Kier alpha value is -2.67. The third-order valence-corrected chi connectivity index (χ3v) is 4.57. The van der Waals surface area contributed by atoms with Gasteiger partial charge in [0.2, 0.25) is 0 Å². The van der Waals surface area contributed by atoms with Crippen LogP contribution in [0.3, 0.4) is 0 Å². The highest BCUT2D eigenvalue weighted by Crippen LogP contribution is 2.28. The Balaban J connectivity index is 1.81. The highest BCUT2D eigenvalue weighted by Gasteiger charge is 2.20. The maximum atomic E-state index is 14.1. The van der Waals surface area contributed by atoms with Crippen LogP contribution in [-0.4, -0.2) is 15.0 Å². The lowest BCUT2D eigenvalue weighted by Crippen LogP contribution is -1.96. The largest absolute Gasteiger partial charge is 0.338 e. The van der Waals surface area contributed by atoms with Gasteiger partial charge in [-0.2, -0.15) is 0 Å². The number of benzene rings is 2. The van der Waals surface area contributed by atoms with E-state index in [0.29, 0.717) is 23.1 Å². The summed E-state index contributed by atoms with van der Waals surface area (Å²) in [6.07, 6.45) is 2.10. The lowest BCUT2D eigenvalue weighted by Gasteiger charge is -2.02. The minimum Gasteiger partial charge on any atom is -0.338 e. The first kappa shape index (κ1) is 16.8. The number of rotatable bonds is 3. The minimum atomic E-state index is -1.27. The van der Waals surface area contributed by atoms with Crippen LogP contribution in [0.5, 0.6) is 0 Å². The molecule has 0 atom stereocenters. The van der Waals surface area contributed by atoms with Crippen molar-refractivity contribution in [1.29, 1.82) is 0 Å². The van der Waals surface area contributed by atoms with E-state index in [-0.39, 0.29) is 5.82 Å². The molecule has 4 aromatic rings. The van der Waals surface area contributed by atoms with Gasteiger partial charge in [0.25, 0.3) is 0 Å². The second-order valence-corrected chi connectivity index (χ2v) is 6.68. The molecule has 0 fully saturated rings. The van der Waals surface area contributed by atoms with Gasteiger partial charge in [-0.3, -0.25) is 4.98 Å². The Morgan fingerprint density at radius 1 is 0.923 bits per heavy atom. The Morgan fingerprint density at radius 2 is 1.65 bits per heavy atom. The molecule has 2 heterocycles. The van der Waals surface area contributed by atoms with Crippen LogP contribution in [0, 0.1) is 17.5 Å². The normalized spacial score (nSPS) is 11.2. The van der Waals surface area contributed by atoms with Gasteiger partial charge in [-0.05, 0) is 35.9 Å². The zero-order chi connectivity index (χ0) is 18.3. The van der Waals surface area contributed by atoms with Crippen LogP contribution in [0.15, 0.2) is 53.1 Å². The molecule has 1 N–H and O–H groups in total. The van der Waals surface area contributed by atoms with E-state index >= 15 is 0 Å². The number of nitrogens with one attached hydrogen (secondary N) is 1. The summed E-state index contributed by atoms with van der Waals surface area (Å²) in [4.78, 5) is 11.5. The van der Waals surface area contributed by atoms with Gasteiger partial charge in [-0.1, -0.05) is 28.1 Å². The molecule has 0 amide bonds. The van der Waals surface area contributed by atoms with Crippen molar-refractivity contribution in [3.05, 3.63) is 81.8 Å². The molecule has 2 aromatic carbocycles. The van der Waals surface area contributed by atoms with Gasteiger partial charge in [0.1, 0.15) is 17.2 Å². The zero-order valence-corrected chi connectivity index (χ0v) is 14.8. The molecule has 0 spiro atoms. The first-order chi connectivity index (χ1) is 12.5. The molecule has 26 heavy (non-hydrogen) atoms. The predicted molar refractivity (Wildman–Crippen MR) is 96.1 cm³/mol. The Morgan fingerprint density at radius 3 is 2.42 bits per heavy atom. The summed E-state index contributed by atoms with van der Waals surface area (Å²) in [5.74, 6) is -3.36. The van der Waals surface area contributed by atoms with Crippen molar-refractivity contribution in [2.75, 3.05) is 0 Å². The van der Waals surface area contributed by atoms with Crippen molar-refractivity contribution in [2.24, 2.45) is 0 Å². The minimum absolute atomic E-state index is 0.0699. The molecule has 2 aromatic heterocycles. The van der Waals surface area contributed by atoms with Gasteiger partial charge in [0.05, 0.1) is 16.8 Å². The first-order valence-corrected chi connectivity index (χ1v) is 8.54. The lowest BCUT2D eigenvalue weighted by molar-refractivity contribution is 0.498. The van der Waals surface area contributed by atoms with Crippen LogP contribution in [0.4, 0.5) is 13.2 Å². The van der Waals surface area contributed by atoms with Gasteiger partial charge >= 0.3 is 0 Å². The monoisotopic (exact) mass is 417 g/mol. The number of imidazole rings is 1. The number of fused-ring (bicyclic) bond motifs is 1. The van der Waals surface area contributed by atoms with E-state index in [1.54, 1.807) is 12.3 Å². The van der Waals surface area contributed by atoms with Crippen molar-refractivity contribution in [3.63, 3.8) is 0 Å². The quantitative estimate of drug-likeness (QED) is 0.453. The molecule has 0 saturated heterocycles. The van der Waals surface area contributed by atoms with Gasteiger partial charge in [0.15, 0.2) is 11.6 Å². The van der Waals surface area contributed by atoms with Crippen molar-refractivity contribution in [1.82, 2.24) is 15.0 Å². The Bertz CT molecular complexity index is 1110. The summed E-state index contributed by atoms with van der Waals surface area (Å²) in [5.41, 5.74) is 2.22. The summed E-state index contributed by atoms with van der Waals surface area (Å²) in [6.45, 7) is 0. The Kier molecular flexibility index (Phi) is 4.24.